The molecule has 0 bridgehead atoms. The lowest BCUT2D eigenvalue weighted by Crippen LogP contribution is -2.28. The Hall–Kier alpha value is -3.75. The average Bonchev–Trinajstić information content (AvgIpc) is 3.52. The van der Waals surface area contributed by atoms with Crippen LogP contribution in [-0.4, -0.2) is 42.1 Å². The first-order chi connectivity index (χ1) is 16.1. The number of ether oxygens (including phenoxy) is 3. The van der Waals surface area contributed by atoms with E-state index in [4.69, 9.17) is 19.3 Å². The van der Waals surface area contributed by atoms with Crippen LogP contribution in [0.1, 0.15) is 37.4 Å². The van der Waals surface area contributed by atoms with Crippen LogP contribution in [0.2, 0.25) is 0 Å². The Labute approximate surface area is 193 Å². The molecule has 0 saturated heterocycles. The first-order valence-electron chi connectivity index (χ1n) is 11.0. The molecule has 2 N–H and O–H groups in total. The van der Waals surface area contributed by atoms with Crippen LogP contribution in [0.4, 0.5) is 10.5 Å². The highest BCUT2D eigenvalue weighted by Crippen LogP contribution is 2.40. The summed E-state index contributed by atoms with van der Waals surface area (Å²) in [6, 6.07) is 11.2. The van der Waals surface area contributed by atoms with Crippen molar-refractivity contribution in [2.24, 2.45) is 0 Å². The van der Waals surface area contributed by atoms with Crippen LogP contribution in [-0.2, 0) is 6.54 Å². The van der Waals surface area contributed by atoms with Gasteiger partial charge >= 0.3 is 6.03 Å². The summed E-state index contributed by atoms with van der Waals surface area (Å²) in [5, 5.41) is 10.5. The van der Waals surface area contributed by atoms with Crippen LogP contribution < -0.4 is 24.8 Å². The fourth-order valence-electron chi connectivity index (χ4n) is 4.16. The zero-order valence-electron chi connectivity index (χ0n) is 19.1. The van der Waals surface area contributed by atoms with Gasteiger partial charge in [-0.3, -0.25) is 9.67 Å². The van der Waals surface area contributed by atoms with Crippen LogP contribution in [0, 0.1) is 0 Å². The SMILES string of the molecule is COc1cc(NC(=O)NCc2cc(-c3ccccn3)n(C3CCCC3)n2)cc(OC)c1OC. The van der Waals surface area contributed by atoms with E-state index in [2.05, 4.69) is 20.3 Å². The molecule has 2 aromatic heterocycles. The molecule has 0 spiro atoms. The zero-order valence-corrected chi connectivity index (χ0v) is 19.1. The van der Waals surface area contributed by atoms with Crippen molar-refractivity contribution >= 4 is 11.7 Å². The van der Waals surface area contributed by atoms with E-state index in [1.807, 2.05) is 24.3 Å². The number of amides is 2. The highest BCUT2D eigenvalue weighted by atomic mass is 16.5. The molecule has 1 aliphatic carbocycles. The highest BCUT2D eigenvalue weighted by molar-refractivity contribution is 5.90. The second-order valence-electron chi connectivity index (χ2n) is 7.84. The van der Waals surface area contributed by atoms with Crippen molar-refractivity contribution in [1.29, 1.82) is 0 Å². The van der Waals surface area contributed by atoms with Gasteiger partial charge in [-0.2, -0.15) is 5.10 Å². The number of anilines is 1. The Kier molecular flexibility index (Phi) is 6.97. The number of hydrogen-bond donors (Lipinski definition) is 2. The number of hydrogen-bond acceptors (Lipinski definition) is 6. The molecule has 1 fully saturated rings. The number of pyridine rings is 1. The second kappa shape index (κ2) is 10.2. The standard InChI is InChI=1S/C24H29N5O4/c1-31-21-13-16(14-22(32-2)23(21)33-3)27-24(30)26-15-17-12-20(19-10-6-7-11-25-19)29(28-17)18-8-4-5-9-18/h6-7,10-14,18H,4-5,8-9,15H2,1-3H3,(H2,26,27,30). The maximum Gasteiger partial charge on any atom is 0.319 e. The number of rotatable bonds is 8. The summed E-state index contributed by atoms with van der Waals surface area (Å²) in [5.41, 5.74) is 3.16. The van der Waals surface area contributed by atoms with E-state index in [9.17, 15) is 4.79 Å². The molecule has 2 amide bonds. The molecular formula is C24H29N5O4. The number of benzene rings is 1. The number of carbonyl (C=O) groups is 1. The van der Waals surface area contributed by atoms with Crippen LogP contribution in [0.25, 0.3) is 11.4 Å². The van der Waals surface area contributed by atoms with E-state index in [1.54, 1.807) is 18.3 Å². The minimum atomic E-state index is -0.362. The second-order valence-corrected chi connectivity index (χ2v) is 7.84. The molecule has 0 atom stereocenters. The van der Waals surface area contributed by atoms with E-state index in [0.717, 1.165) is 29.9 Å². The summed E-state index contributed by atoms with van der Waals surface area (Å²) < 4.78 is 18.1. The van der Waals surface area contributed by atoms with Crippen LogP contribution in [0.3, 0.4) is 0 Å². The lowest BCUT2D eigenvalue weighted by molar-refractivity contribution is 0.251. The van der Waals surface area contributed by atoms with Gasteiger partial charge in [-0.1, -0.05) is 18.9 Å². The van der Waals surface area contributed by atoms with Gasteiger partial charge in [-0.25, -0.2) is 4.79 Å². The van der Waals surface area contributed by atoms with Crippen molar-refractivity contribution in [2.75, 3.05) is 26.6 Å². The topological polar surface area (TPSA) is 99.5 Å². The largest absolute Gasteiger partial charge is 0.493 e. The summed E-state index contributed by atoms with van der Waals surface area (Å²) in [6.07, 6.45) is 6.41. The van der Waals surface area contributed by atoms with E-state index >= 15 is 0 Å². The van der Waals surface area contributed by atoms with Gasteiger partial charge in [0.2, 0.25) is 5.75 Å². The molecule has 4 rings (SSSR count). The predicted molar refractivity (Wildman–Crippen MR) is 125 cm³/mol. The van der Waals surface area contributed by atoms with Gasteiger partial charge in [0.25, 0.3) is 0 Å². The molecule has 174 valence electrons. The fourth-order valence-corrected chi connectivity index (χ4v) is 4.16. The molecule has 0 unspecified atom stereocenters. The number of methoxy groups -OCH3 is 3. The van der Waals surface area contributed by atoms with Crippen molar-refractivity contribution in [2.45, 2.75) is 38.3 Å². The first kappa shape index (κ1) is 22.4. The van der Waals surface area contributed by atoms with E-state index < -0.39 is 0 Å². The number of aromatic nitrogens is 3. The Morgan fingerprint density at radius 1 is 1.06 bits per heavy atom. The first-order valence-corrected chi connectivity index (χ1v) is 11.0. The Bertz CT molecular complexity index is 1070. The lowest BCUT2D eigenvalue weighted by atomic mass is 10.2. The molecule has 33 heavy (non-hydrogen) atoms. The van der Waals surface area contributed by atoms with Crippen molar-refractivity contribution in [3.05, 3.63) is 48.3 Å². The van der Waals surface area contributed by atoms with Gasteiger partial charge < -0.3 is 24.8 Å². The highest BCUT2D eigenvalue weighted by Gasteiger charge is 2.22. The lowest BCUT2D eigenvalue weighted by Gasteiger charge is -2.15. The number of nitrogens with one attached hydrogen (secondary N) is 2. The number of carbonyl (C=O) groups excluding carboxylic acids is 1. The van der Waals surface area contributed by atoms with Crippen LogP contribution >= 0.6 is 0 Å². The van der Waals surface area contributed by atoms with Crippen molar-refractivity contribution < 1.29 is 19.0 Å². The molecule has 1 aliphatic rings. The third kappa shape index (κ3) is 5.02. The minimum absolute atomic E-state index is 0.288. The summed E-state index contributed by atoms with van der Waals surface area (Å²) in [4.78, 5) is 17.1. The summed E-state index contributed by atoms with van der Waals surface area (Å²) in [5.74, 6) is 1.38. The molecule has 2 heterocycles. The summed E-state index contributed by atoms with van der Waals surface area (Å²) >= 11 is 0. The monoisotopic (exact) mass is 451 g/mol. The molecule has 0 aliphatic heterocycles. The fraction of sp³-hybridized carbons (Fsp3) is 0.375. The third-order valence-corrected chi connectivity index (χ3v) is 5.74. The van der Waals surface area contributed by atoms with Crippen LogP contribution in [0.5, 0.6) is 17.2 Å². The zero-order chi connectivity index (χ0) is 23.2. The van der Waals surface area contributed by atoms with Gasteiger partial charge in [0.1, 0.15) is 0 Å². The summed E-state index contributed by atoms with van der Waals surface area (Å²) in [6.45, 7) is 0.288. The third-order valence-electron chi connectivity index (χ3n) is 5.74. The summed E-state index contributed by atoms with van der Waals surface area (Å²) in [7, 11) is 4.59. The molecule has 1 saturated carbocycles. The maximum atomic E-state index is 12.6. The van der Waals surface area contributed by atoms with Gasteiger partial charge in [-0.05, 0) is 31.0 Å². The van der Waals surface area contributed by atoms with E-state index in [0.29, 0.717) is 29.0 Å². The van der Waals surface area contributed by atoms with Gasteiger partial charge in [0.05, 0.1) is 56.7 Å². The van der Waals surface area contributed by atoms with Gasteiger partial charge in [0.15, 0.2) is 11.5 Å². The Balaban J connectivity index is 1.47. The average molecular weight is 452 g/mol. The predicted octanol–water partition coefficient (Wildman–Crippen LogP) is 4.41. The van der Waals surface area contributed by atoms with Crippen molar-refractivity contribution in [3.8, 4) is 28.6 Å². The molecule has 3 aromatic rings. The van der Waals surface area contributed by atoms with E-state index in [1.165, 1.54) is 34.2 Å². The molecular weight excluding hydrogens is 422 g/mol. The van der Waals surface area contributed by atoms with Gasteiger partial charge in [-0.15, -0.1) is 0 Å². The molecule has 9 heteroatoms. The van der Waals surface area contributed by atoms with Crippen molar-refractivity contribution in [3.63, 3.8) is 0 Å². The van der Waals surface area contributed by atoms with Crippen LogP contribution in [0.15, 0.2) is 42.6 Å². The van der Waals surface area contributed by atoms with Gasteiger partial charge in [0, 0.05) is 18.3 Å². The normalized spacial score (nSPS) is 13.5. The Morgan fingerprint density at radius 2 is 1.79 bits per heavy atom. The molecule has 1 aromatic carbocycles. The maximum absolute atomic E-state index is 12.6. The Morgan fingerprint density at radius 3 is 2.39 bits per heavy atom. The number of nitrogens with zero attached hydrogens (tertiary/aromatic N) is 3. The smallest absolute Gasteiger partial charge is 0.319 e. The quantitative estimate of drug-likeness (QED) is 0.526. The molecule has 9 nitrogen and oxygen atoms in total. The number of urea groups is 1. The van der Waals surface area contributed by atoms with E-state index in [-0.39, 0.29) is 12.6 Å². The van der Waals surface area contributed by atoms with Crippen molar-refractivity contribution in [1.82, 2.24) is 20.1 Å². The molecule has 0 radical (unpaired) electrons. The minimum Gasteiger partial charge on any atom is -0.493 e.